The molecular weight excluding hydrogens is 154 g/mol. The molecule has 0 saturated carbocycles. The molecule has 1 rings (SSSR count). The van der Waals surface area contributed by atoms with Gasteiger partial charge >= 0.3 is 0 Å². The van der Waals surface area contributed by atoms with Crippen LogP contribution in [0.2, 0.25) is 0 Å². The summed E-state index contributed by atoms with van der Waals surface area (Å²) in [6.45, 7) is 5.83. The van der Waals surface area contributed by atoms with Crippen molar-refractivity contribution in [3.8, 4) is 0 Å². The smallest absolute Gasteiger partial charge is 0.0852 e. The first kappa shape index (κ1) is 9.19. The van der Waals surface area contributed by atoms with Gasteiger partial charge in [-0.1, -0.05) is 5.21 Å². The van der Waals surface area contributed by atoms with Gasteiger partial charge in [0, 0.05) is 18.7 Å². The molecule has 0 aliphatic carbocycles. The normalized spacial score (nSPS) is 13.8. The van der Waals surface area contributed by atoms with Crippen molar-refractivity contribution in [1.82, 2.24) is 15.0 Å². The van der Waals surface area contributed by atoms with Crippen molar-refractivity contribution in [2.45, 2.75) is 39.3 Å². The highest BCUT2D eigenvalue weighted by atomic mass is 16.3. The second-order valence-electron chi connectivity index (χ2n) is 3.34. The van der Waals surface area contributed by atoms with E-state index in [1.165, 1.54) is 0 Å². The van der Waals surface area contributed by atoms with Crippen LogP contribution in [0.1, 0.15) is 32.5 Å². The predicted molar refractivity (Wildman–Crippen MR) is 45.8 cm³/mol. The van der Waals surface area contributed by atoms with E-state index < -0.39 is 0 Å². The average molecular weight is 169 g/mol. The Labute approximate surface area is 72.2 Å². The third-order valence-corrected chi connectivity index (χ3v) is 1.59. The lowest BCUT2D eigenvalue weighted by atomic mass is 10.2. The van der Waals surface area contributed by atoms with E-state index in [0.717, 1.165) is 5.69 Å². The summed E-state index contributed by atoms with van der Waals surface area (Å²) in [6, 6.07) is 0.334. The van der Waals surface area contributed by atoms with E-state index in [-0.39, 0.29) is 6.10 Å². The van der Waals surface area contributed by atoms with Gasteiger partial charge in [0.2, 0.25) is 0 Å². The quantitative estimate of drug-likeness (QED) is 0.727. The third-order valence-electron chi connectivity index (χ3n) is 1.59. The minimum Gasteiger partial charge on any atom is -0.393 e. The fourth-order valence-electron chi connectivity index (χ4n) is 0.962. The summed E-state index contributed by atoms with van der Waals surface area (Å²) in [5.74, 6) is 0. The zero-order chi connectivity index (χ0) is 9.14. The van der Waals surface area contributed by atoms with Gasteiger partial charge in [0.05, 0.1) is 11.8 Å². The molecule has 68 valence electrons. The van der Waals surface area contributed by atoms with Gasteiger partial charge < -0.3 is 5.11 Å². The van der Waals surface area contributed by atoms with Crippen LogP contribution >= 0.6 is 0 Å². The maximum Gasteiger partial charge on any atom is 0.0852 e. The highest BCUT2D eigenvalue weighted by Crippen LogP contribution is 2.04. The molecule has 0 aromatic carbocycles. The lowest BCUT2D eigenvalue weighted by molar-refractivity contribution is 0.194. The van der Waals surface area contributed by atoms with E-state index in [1.807, 2.05) is 20.0 Å². The maximum absolute atomic E-state index is 9.08. The summed E-state index contributed by atoms with van der Waals surface area (Å²) >= 11 is 0. The lowest BCUT2D eigenvalue weighted by Gasteiger charge is -2.01. The number of aliphatic hydroxyl groups excluding tert-OH is 1. The summed E-state index contributed by atoms with van der Waals surface area (Å²) in [7, 11) is 0. The van der Waals surface area contributed by atoms with Gasteiger partial charge in [0.25, 0.3) is 0 Å². The summed E-state index contributed by atoms with van der Waals surface area (Å²) in [6.07, 6.45) is 2.10. The molecule has 1 N–H and O–H groups in total. The first-order chi connectivity index (χ1) is 5.59. The summed E-state index contributed by atoms with van der Waals surface area (Å²) in [4.78, 5) is 0. The van der Waals surface area contributed by atoms with Crippen LogP contribution in [0.3, 0.4) is 0 Å². The van der Waals surface area contributed by atoms with Crippen LogP contribution in [0.4, 0.5) is 0 Å². The van der Waals surface area contributed by atoms with Gasteiger partial charge in [-0.25, -0.2) is 4.68 Å². The van der Waals surface area contributed by atoms with Crippen LogP contribution in [0.5, 0.6) is 0 Å². The predicted octanol–water partition coefficient (Wildman–Crippen LogP) is 0.782. The minimum atomic E-state index is -0.345. The van der Waals surface area contributed by atoms with Crippen molar-refractivity contribution in [2.75, 3.05) is 0 Å². The number of aromatic nitrogens is 3. The number of aliphatic hydroxyl groups is 1. The Morgan fingerprint density at radius 1 is 1.50 bits per heavy atom. The molecule has 12 heavy (non-hydrogen) atoms. The topological polar surface area (TPSA) is 50.9 Å². The molecular formula is C8H15N3O. The molecule has 1 aromatic rings. The van der Waals surface area contributed by atoms with Gasteiger partial charge in [-0.15, -0.1) is 5.10 Å². The SMILES string of the molecule is CC(C)n1cc(C[C@@H](C)O)nn1. The Morgan fingerprint density at radius 2 is 2.17 bits per heavy atom. The molecule has 1 aromatic heterocycles. The average Bonchev–Trinajstić information content (AvgIpc) is 2.34. The van der Waals surface area contributed by atoms with Gasteiger partial charge in [-0.05, 0) is 20.8 Å². The van der Waals surface area contributed by atoms with E-state index in [4.69, 9.17) is 5.11 Å². The third kappa shape index (κ3) is 2.30. The van der Waals surface area contributed by atoms with Gasteiger partial charge in [-0.3, -0.25) is 0 Å². The standard InChI is InChI=1S/C8H15N3O/c1-6(2)11-5-8(9-10-11)4-7(3)12/h5-7,12H,4H2,1-3H3/t7-/m1/s1. The van der Waals surface area contributed by atoms with Crippen molar-refractivity contribution in [1.29, 1.82) is 0 Å². The molecule has 0 unspecified atom stereocenters. The van der Waals surface area contributed by atoms with E-state index in [2.05, 4.69) is 10.3 Å². The summed E-state index contributed by atoms with van der Waals surface area (Å²) in [5.41, 5.74) is 0.846. The van der Waals surface area contributed by atoms with E-state index in [0.29, 0.717) is 12.5 Å². The van der Waals surface area contributed by atoms with Crippen LogP contribution in [0, 0.1) is 0 Å². The first-order valence-electron chi connectivity index (χ1n) is 4.18. The van der Waals surface area contributed by atoms with Crippen LogP contribution in [0.15, 0.2) is 6.20 Å². The van der Waals surface area contributed by atoms with E-state index >= 15 is 0 Å². The maximum atomic E-state index is 9.08. The van der Waals surface area contributed by atoms with Crippen LogP contribution in [-0.4, -0.2) is 26.2 Å². The summed E-state index contributed by atoms with van der Waals surface area (Å²) < 4.78 is 1.79. The summed E-state index contributed by atoms with van der Waals surface area (Å²) in [5, 5.41) is 16.9. The number of hydrogen-bond donors (Lipinski definition) is 1. The zero-order valence-electron chi connectivity index (χ0n) is 7.73. The molecule has 0 fully saturated rings. The van der Waals surface area contributed by atoms with Crippen molar-refractivity contribution in [3.63, 3.8) is 0 Å². The number of hydrogen-bond acceptors (Lipinski definition) is 3. The fraction of sp³-hybridized carbons (Fsp3) is 0.750. The van der Waals surface area contributed by atoms with E-state index in [1.54, 1.807) is 11.6 Å². The molecule has 1 heterocycles. The van der Waals surface area contributed by atoms with E-state index in [9.17, 15) is 0 Å². The van der Waals surface area contributed by atoms with Crippen LogP contribution in [-0.2, 0) is 6.42 Å². The fourth-order valence-corrected chi connectivity index (χ4v) is 0.962. The van der Waals surface area contributed by atoms with Crippen molar-refractivity contribution < 1.29 is 5.11 Å². The number of nitrogens with zero attached hydrogens (tertiary/aromatic N) is 3. The van der Waals surface area contributed by atoms with Crippen LogP contribution in [0.25, 0.3) is 0 Å². The molecule has 0 bridgehead atoms. The Balaban J connectivity index is 2.64. The Morgan fingerprint density at radius 3 is 2.58 bits per heavy atom. The monoisotopic (exact) mass is 169 g/mol. The largest absolute Gasteiger partial charge is 0.393 e. The molecule has 0 spiro atoms. The van der Waals surface area contributed by atoms with Gasteiger partial charge in [0.1, 0.15) is 0 Å². The Bertz CT molecular complexity index is 242. The molecule has 0 aliphatic heterocycles. The molecule has 0 radical (unpaired) electrons. The van der Waals surface area contributed by atoms with Crippen molar-refractivity contribution in [2.24, 2.45) is 0 Å². The Kier molecular flexibility index (Phi) is 2.81. The first-order valence-corrected chi connectivity index (χ1v) is 4.18. The molecule has 1 atom stereocenters. The number of rotatable bonds is 3. The molecule has 0 saturated heterocycles. The van der Waals surface area contributed by atoms with Gasteiger partial charge in [-0.2, -0.15) is 0 Å². The van der Waals surface area contributed by atoms with Crippen molar-refractivity contribution in [3.05, 3.63) is 11.9 Å². The molecule has 4 nitrogen and oxygen atoms in total. The molecule has 0 amide bonds. The lowest BCUT2D eigenvalue weighted by Crippen LogP contribution is -2.04. The molecule has 4 heteroatoms. The van der Waals surface area contributed by atoms with Crippen molar-refractivity contribution >= 4 is 0 Å². The minimum absolute atomic E-state index is 0.334. The van der Waals surface area contributed by atoms with Gasteiger partial charge in [0.15, 0.2) is 0 Å². The zero-order valence-corrected chi connectivity index (χ0v) is 7.73. The highest BCUT2D eigenvalue weighted by molar-refractivity contribution is 4.94. The second-order valence-corrected chi connectivity index (χ2v) is 3.34. The highest BCUT2D eigenvalue weighted by Gasteiger charge is 2.05. The second kappa shape index (κ2) is 3.67. The Hall–Kier alpha value is -0.900. The molecule has 0 aliphatic rings. The van der Waals surface area contributed by atoms with Crippen LogP contribution < -0.4 is 0 Å².